The first-order valence-electron chi connectivity index (χ1n) is 8.52. The summed E-state index contributed by atoms with van der Waals surface area (Å²) in [7, 11) is 0. The molecular formula is C20H18FN3O2. The summed E-state index contributed by atoms with van der Waals surface area (Å²) in [5, 5.41) is 4.07. The minimum Gasteiger partial charge on any atom is -0.337 e. The van der Waals surface area contributed by atoms with Crippen LogP contribution in [0.1, 0.15) is 29.3 Å². The van der Waals surface area contributed by atoms with Gasteiger partial charge in [-0.2, -0.15) is 4.98 Å². The van der Waals surface area contributed by atoms with Gasteiger partial charge in [0.25, 0.3) is 5.89 Å². The molecule has 4 rings (SSSR count). The largest absolute Gasteiger partial charge is 0.337 e. The molecular weight excluding hydrogens is 333 g/mol. The van der Waals surface area contributed by atoms with Crippen LogP contribution in [0.2, 0.25) is 0 Å². The fraction of sp³-hybridized carbons (Fsp3) is 0.250. The maximum Gasteiger partial charge on any atom is 0.258 e. The topological polar surface area (TPSA) is 59.2 Å². The van der Waals surface area contributed by atoms with Gasteiger partial charge in [-0.15, -0.1) is 0 Å². The van der Waals surface area contributed by atoms with Gasteiger partial charge in [0.2, 0.25) is 5.91 Å². The third-order valence-corrected chi connectivity index (χ3v) is 4.72. The number of halogens is 1. The molecule has 1 aliphatic rings. The van der Waals surface area contributed by atoms with Crippen molar-refractivity contribution in [2.24, 2.45) is 0 Å². The predicted molar refractivity (Wildman–Crippen MR) is 93.6 cm³/mol. The molecule has 1 fully saturated rings. The summed E-state index contributed by atoms with van der Waals surface area (Å²) in [5.74, 6) is 0.507. The molecule has 0 aliphatic carbocycles. The Balaban J connectivity index is 1.51. The van der Waals surface area contributed by atoms with Crippen LogP contribution in [-0.2, 0) is 11.3 Å². The van der Waals surface area contributed by atoms with Gasteiger partial charge in [-0.1, -0.05) is 41.6 Å². The van der Waals surface area contributed by atoms with Crippen molar-refractivity contribution < 1.29 is 13.7 Å². The number of carbonyl (C=O) groups excluding carboxylic acids is 1. The van der Waals surface area contributed by atoms with E-state index >= 15 is 0 Å². The second kappa shape index (κ2) is 6.71. The summed E-state index contributed by atoms with van der Waals surface area (Å²) in [6.07, 6.45) is 0.307. The molecule has 6 heteroatoms. The van der Waals surface area contributed by atoms with Crippen molar-refractivity contribution in [3.8, 4) is 11.5 Å². The number of aryl methyl sites for hydroxylation is 1. The van der Waals surface area contributed by atoms with Gasteiger partial charge in [0.1, 0.15) is 5.82 Å². The molecule has 1 aliphatic heterocycles. The summed E-state index contributed by atoms with van der Waals surface area (Å²) in [6.45, 7) is 2.69. The first-order chi connectivity index (χ1) is 12.6. The van der Waals surface area contributed by atoms with E-state index in [0.29, 0.717) is 30.2 Å². The highest BCUT2D eigenvalue weighted by Crippen LogP contribution is 2.30. The van der Waals surface area contributed by atoms with Crippen LogP contribution in [0.3, 0.4) is 0 Å². The van der Waals surface area contributed by atoms with Crippen LogP contribution in [0.15, 0.2) is 53.1 Å². The molecule has 1 amide bonds. The van der Waals surface area contributed by atoms with Gasteiger partial charge in [0.15, 0.2) is 5.82 Å². The third-order valence-electron chi connectivity index (χ3n) is 4.72. The standard InChI is InChI=1S/C20H18FN3O2/c1-13-6-2-4-8-16(13)20-22-19(23-26-20)15-10-18(25)24(12-15)11-14-7-3-5-9-17(14)21/h2-9,15H,10-12H2,1H3. The summed E-state index contributed by atoms with van der Waals surface area (Å²) in [6, 6.07) is 14.3. The van der Waals surface area contributed by atoms with Crippen molar-refractivity contribution in [3.63, 3.8) is 0 Å². The van der Waals surface area contributed by atoms with Crippen LogP contribution in [0.25, 0.3) is 11.5 Å². The number of rotatable bonds is 4. The van der Waals surface area contributed by atoms with Crippen LogP contribution < -0.4 is 0 Å². The van der Waals surface area contributed by atoms with Crippen LogP contribution in [0, 0.1) is 12.7 Å². The number of benzene rings is 2. The molecule has 5 nitrogen and oxygen atoms in total. The smallest absolute Gasteiger partial charge is 0.258 e. The minimum absolute atomic E-state index is 0.0273. The lowest BCUT2D eigenvalue weighted by atomic mass is 10.1. The van der Waals surface area contributed by atoms with Crippen LogP contribution in [-0.4, -0.2) is 27.5 Å². The summed E-state index contributed by atoms with van der Waals surface area (Å²) >= 11 is 0. The quantitative estimate of drug-likeness (QED) is 0.719. The zero-order valence-corrected chi connectivity index (χ0v) is 14.4. The van der Waals surface area contributed by atoms with E-state index in [1.807, 2.05) is 31.2 Å². The molecule has 26 heavy (non-hydrogen) atoms. The molecule has 2 aromatic carbocycles. The number of hydrogen-bond acceptors (Lipinski definition) is 4. The summed E-state index contributed by atoms with van der Waals surface area (Å²) in [5.41, 5.74) is 2.44. The summed E-state index contributed by atoms with van der Waals surface area (Å²) in [4.78, 5) is 18.5. The Bertz CT molecular complexity index is 953. The second-order valence-electron chi connectivity index (χ2n) is 6.54. The Kier molecular flexibility index (Phi) is 4.24. The highest BCUT2D eigenvalue weighted by molar-refractivity contribution is 5.79. The van der Waals surface area contributed by atoms with Crippen LogP contribution in [0.4, 0.5) is 4.39 Å². The lowest BCUT2D eigenvalue weighted by molar-refractivity contribution is -0.128. The zero-order chi connectivity index (χ0) is 18.1. The maximum absolute atomic E-state index is 13.8. The van der Waals surface area contributed by atoms with Crippen LogP contribution >= 0.6 is 0 Å². The third kappa shape index (κ3) is 3.10. The van der Waals surface area contributed by atoms with Gasteiger partial charge >= 0.3 is 0 Å². The maximum atomic E-state index is 13.8. The fourth-order valence-corrected chi connectivity index (χ4v) is 3.25. The number of hydrogen-bond donors (Lipinski definition) is 0. The van der Waals surface area contributed by atoms with Crippen molar-refractivity contribution in [1.82, 2.24) is 15.0 Å². The Hall–Kier alpha value is -3.02. The number of nitrogens with zero attached hydrogens (tertiary/aromatic N) is 3. The van der Waals surface area contributed by atoms with E-state index in [2.05, 4.69) is 10.1 Å². The van der Waals surface area contributed by atoms with E-state index in [1.54, 1.807) is 23.1 Å². The second-order valence-corrected chi connectivity index (χ2v) is 6.54. The van der Waals surface area contributed by atoms with E-state index in [1.165, 1.54) is 6.07 Å². The molecule has 1 unspecified atom stereocenters. The van der Waals surface area contributed by atoms with Gasteiger partial charge in [-0.05, 0) is 24.6 Å². The normalized spacial score (nSPS) is 17.1. The van der Waals surface area contributed by atoms with Gasteiger partial charge < -0.3 is 9.42 Å². The van der Waals surface area contributed by atoms with Crippen molar-refractivity contribution in [2.75, 3.05) is 6.54 Å². The molecule has 0 N–H and O–H groups in total. The van der Waals surface area contributed by atoms with Gasteiger partial charge in [-0.25, -0.2) is 4.39 Å². The van der Waals surface area contributed by atoms with E-state index in [0.717, 1.165) is 11.1 Å². The SMILES string of the molecule is Cc1ccccc1-c1nc(C2CC(=O)N(Cc3ccccc3F)C2)no1. The average Bonchev–Trinajstić information content (AvgIpc) is 3.25. The van der Waals surface area contributed by atoms with Crippen molar-refractivity contribution in [3.05, 3.63) is 71.3 Å². The van der Waals surface area contributed by atoms with Gasteiger partial charge in [0, 0.05) is 36.6 Å². The lowest BCUT2D eigenvalue weighted by Gasteiger charge is -2.16. The average molecular weight is 351 g/mol. The molecule has 132 valence electrons. The Morgan fingerprint density at radius 3 is 2.77 bits per heavy atom. The lowest BCUT2D eigenvalue weighted by Crippen LogP contribution is -2.25. The number of carbonyl (C=O) groups is 1. The number of likely N-dealkylation sites (tertiary alicyclic amines) is 1. The van der Waals surface area contributed by atoms with Crippen molar-refractivity contribution in [1.29, 1.82) is 0 Å². The highest BCUT2D eigenvalue weighted by Gasteiger charge is 2.34. The van der Waals surface area contributed by atoms with E-state index in [-0.39, 0.29) is 24.2 Å². The Labute approximate surface area is 150 Å². The molecule has 0 radical (unpaired) electrons. The highest BCUT2D eigenvalue weighted by atomic mass is 19.1. The van der Waals surface area contributed by atoms with E-state index in [9.17, 15) is 9.18 Å². The monoisotopic (exact) mass is 351 g/mol. The molecule has 0 saturated carbocycles. The van der Waals surface area contributed by atoms with Gasteiger partial charge in [-0.3, -0.25) is 4.79 Å². The molecule has 0 bridgehead atoms. The molecule has 0 spiro atoms. The summed E-state index contributed by atoms with van der Waals surface area (Å²) < 4.78 is 19.2. The van der Waals surface area contributed by atoms with Crippen LogP contribution in [0.5, 0.6) is 0 Å². The first-order valence-corrected chi connectivity index (χ1v) is 8.52. The zero-order valence-electron chi connectivity index (χ0n) is 14.4. The predicted octanol–water partition coefficient (Wildman–Crippen LogP) is 3.70. The fourth-order valence-electron chi connectivity index (χ4n) is 3.25. The number of aromatic nitrogens is 2. The first kappa shape index (κ1) is 16.4. The van der Waals surface area contributed by atoms with E-state index in [4.69, 9.17) is 4.52 Å². The van der Waals surface area contributed by atoms with E-state index < -0.39 is 0 Å². The molecule has 1 atom stereocenters. The Morgan fingerprint density at radius 1 is 1.19 bits per heavy atom. The molecule has 2 heterocycles. The Morgan fingerprint density at radius 2 is 1.96 bits per heavy atom. The minimum atomic E-state index is -0.301. The van der Waals surface area contributed by atoms with Gasteiger partial charge in [0.05, 0.1) is 0 Å². The molecule has 1 aromatic heterocycles. The van der Waals surface area contributed by atoms with Crippen molar-refractivity contribution >= 4 is 5.91 Å². The van der Waals surface area contributed by atoms with Crippen molar-refractivity contribution in [2.45, 2.75) is 25.8 Å². The molecule has 1 saturated heterocycles. The number of amides is 1. The molecule has 3 aromatic rings.